The lowest BCUT2D eigenvalue weighted by Crippen LogP contribution is -1.82. The Labute approximate surface area is 35.4 Å². The van der Waals surface area contributed by atoms with Crippen LogP contribution in [0.25, 0.3) is 0 Å². The molecule has 1 N–H and O–H groups in total. The van der Waals surface area contributed by atoms with E-state index in [9.17, 15) is 4.79 Å². The van der Waals surface area contributed by atoms with Crippen LogP contribution in [-0.2, 0) is 4.79 Å². The molecule has 6 heavy (non-hydrogen) atoms. The number of rotatable bonds is 1. The van der Waals surface area contributed by atoms with Crippen molar-refractivity contribution in [2.45, 2.75) is 0 Å². The molecule has 0 spiro atoms. The summed E-state index contributed by atoms with van der Waals surface area (Å²) in [5.41, 5.74) is 2.09. The number of carboxylic acid groups (broad SMARTS) is 1. The van der Waals surface area contributed by atoms with Crippen LogP contribution in [0.3, 0.4) is 0 Å². The minimum absolute atomic E-state index is 0.847. The smallest absolute Gasteiger partial charge is 0.336 e. The summed E-state index contributed by atoms with van der Waals surface area (Å²) in [6.07, 6.45) is 0.847. The Hall–Kier alpha value is -1.01. The van der Waals surface area contributed by atoms with Crippen molar-refractivity contribution in [3.8, 4) is 0 Å². The van der Waals surface area contributed by atoms with Gasteiger partial charge in [-0.15, -0.1) is 5.73 Å². The zero-order chi connectivity index (χ0) is 4.99. The van der Waals surface area contributed by atoms with Crippen LogP contribution >= 0.6 is 0 Å². The quantitative estimate of drug-likeness (QED) is 0.369. The molecular weight excluding hydrogens is 80.0 g/mol. The molecular formula is C4H4O2. The SMILES string of the molecule is C=C=CC(=O)O. The minimum atomic E-state index is -1.01. The Bertz CT molecular complexity index is 98.1. The van der Waals surface area contributed by atoms with Crippen LogP contribution < -0.4 is 0 Å². The van der Waals surface area contributed by atoms with Crippen LogP contribution in [0, 0.1) is 0 Å². The molecule has 0 unspecified atom stereocenters. The summed E-state index contributed by atoms with van der Waals surface area (Å²) >= 11 is 0. The highest BCUT2D eigenvalue weighted by molar-refractivity contribution is 5.79. The standard InChI is InChI=1S/C4H4O2/c1-2-3-4(5)6/h3H,1H2,(H,5,6). The van der Waals surface area contributed by atoms with Crippen LogP contribution in [0.15, 0.2) is 18.4 Å². The fraction of sp³-hybridized carbons (Fsp3) is 0. The maximum atomic E-state index is 9.44. The highest BCUT2D eigenvalue weighted by Crippen LogP contribution is 1.58. The molecule has 0 bridgehead atoms. The van der Waals surface area contributed by atoms with Gasteiger partial charge in [0, 0.05) is 0 Å². The first-order valence-corrected chi connectivity index (χ1v) is 1.36. The highest BCUT2D eigenvalue weighted by atomic mass is 16.4. The van der Waals surface area contributed by atoms with Gasteiger partial charge in [0.25, 0.3) is 0 Å². The molecule has 0 aromatic heterocycles. The predicted molar refractivity (Wildman–Crippen MR) is 21.3 cm³/mol. The van der Waals surface area contributed by atoms with Crippen LogP contribution in [0.1, 0.15) is 0 Å². The summed E-state index contributed by atoms with van der Waals surface area (Å²) < 4.78 is 0. The summed E-state index contributed by atoms with van der Waals surface area (Å²) in [6.45, 7) is 3.04. The molecule has 0 saturated heterocycles. The summed E-state index contributed by atoms with van der Waals surface area (Å²) in [7, 11) is 0. The number of carboxylic acids is 1. The number of hydrogen-bond donors (Lipinski definition) is 1. The van der Waals surface area contributed by atoms with Gasteiger partial charge in [-0.3, -0.25) is 0 Å². The molecule has 0 fully saturated rings. The zero-order valence-electron chi connectivity index (χ0n) is 3.14. The van der Waals surface area contributed by atoms with E-state index < -0.39 is 5.97 Å². The van der Waals surface area contributed by atoms with Crippen molar-refractivity contribution in [3.05, 3.63) is 18.4 Å². The number of carbonyl (C=O) groups is 1. The predicted octanol–water partition coefficient (Wildman–Crippen LogP) is 0.412. The van der Waals surface area contributed by atoms with Crippen LogP contribution in [0.2, 0.25) is 0 Å². The van der Waals surface area contributed by atoms with Gasteiger partial charge in [-0.2, -0.15) is 0 Å². The largest absolute Gasteiger partial charge is 0.478 e. The molecule has 0 radical (unpaired) electrons. The van der Waals surface area contributed by atoms with E-state index in [0.29, 0.717) is 0 Å². The molecule has 0 aliphatic rings. The minimum Gasteiger partial charge on any atom is -0.478 e. The topological polar surface area (TPSA) is 37.3 Å². The maximum Gasteiger partial charge on any atom is 0.336 e. The molecule has 0 aromatic carbocycles. The van der Waals surface area contributed by atoms with Crippen LogP contribution in [0.5, 0.6) is 0 Å². The molecule has 2 nitrogen and oxygen atoms in total. The first kappa shape index (κ1) is 4.99. The van der Waals surface area contributed by atoms with Crippen molar-refractivity contribution < 1.29 is 9.90 Å². The summed E-state index contributed by atoms with van der Waals surface area (Å²) in [5, 5.41) is 7.76. The Morgan fingerprint density at radius 2 is 2.50 bits per heavy atom. The van der Waals surface area contributed by atoms with Gasteiger partial charge >= 0.3 is 5.97 Å². The molecule has 0 aromatic rings. The Morgan fingerprint density at radius 3 is 2.50 bits per heavy atom. The highest BCUT2D eigenvalue weighted by Gasteiger charge is 1.76. The van der Waals surface area contributed by atoms with Crippen LogP contribution in [0.4, 0.5) is 0 Å². The first-order valence-electron chi connectivity index (χ1n) is 1.36. The lowest BCUT2D eigenvalue weighted by atomic mass is 10.6. The van der Waals surface area contributed by atoms with Gasteiger partial charge in [-0.05, 0) is 0 Å². The normalized spacial score (nSPS) is 6.00. The van der Waals surface area contributed by atoms with Crippen molar-refractivity contribution in [2.24, 2.45) is 0 Å². The van der Waals surface area contributed by atoms with Gasteiger partial charge in [-0.1, -0.05) is 6.58 Å². The molecule has 0 heterocycles. The Kier molecular flexibility index (Phi) is 1.86. The monoisotopic (exact) mass is 84.0 g/mol. The molecule has 2 heteroatoms. The third kappa shape index (κ3) is 2.99. The maximum absolute atomic E-state index is 9.44. The van der Waals surface area contributed by atoms with E-state index in [2.05, 4.69) is 12.3 Å². The van der Waals surface area contributed by atoms with Crippen molar-refractivity contribution in [2.75, 3.05) is 0 Å². The number of hydrogen-bond acceptors (Lipinski definition) is 1. The van der Waals surface area contributed by atoms with Gasteiger partial charge < -0.3 is 5.11 Å². The second-order valence-electron chi connectivity index (χ2n) is 0.687. The summed E-state index contributed by atoms with van der Waals surface area (Å²) in [6, 6.07) is 0. The van der Waals surface area contributed by atoms with E-state index in [-0.39, 0.29) is 0 Å². The van der Waals surface area contributed by atoms with Crippen molar-refractivity contribution in [1.29, 1.82) is 0 Å². The molecule has 0 atom stereocenters. The first-order chi connectivity index (χ1) is 2.77. The second kappa shape index (κ2) is 2.24. The van der Waals surface area contributed by atoms with Crippen LogP contribution in [-0.4, -0.2) is 11.1 Å². The lowest BCUT2D eigenvalue weighted by Gasteiger charge is -1.65. The van der Waals surface area contributed by atoms with Gasteiger partial charge in [0.1, 0.15) is 0 Å². The molecule has 0 rings (SSSR count). The average molecular weight is 84.1 g/mol. The Balaban J connectivity index is 3.60. The van der Waals surface area contributed by atoms with Crippen molar-refractivity contribution >= 4 is 5.97 Å². The fourth-order valence-corrected chi connectivity index (χ4v) is 0.0873. The number of aliphatic carboxylic acids is 1. The van der Waals surface area contributed by atoms with Crippen molar-refractivity contribution in [1.82, 2.24) is 0 Å². The molecule has 0 saturated carbocycles. The second-order valence-corrected chi connectivity index (χ2v) is 0.687. The van der Waals surface area contributed by atoms with E-state index in [0.717, 1.165) is 6.08 Å². The summed E-state index contributed by atoms with van der Waals surface area (Å²) in [5.74, 6) is -1.01. The summed E-state index contributed by atoms with van der Waals surface area (Å²) in [4.78, 5) is 9.44. The van der Waals surface area contributed by atoms with E-state index in [1.54, 1.807) is 0 Å². The molecule has 0 aliphatic carbocycles. The van der Waals surface area contributed by atoms with E-state index in [4.69, 9.17) is 5.11 Å². The van der Waals surface area contributed by atoms with Crippen molar-refractivity contribution in [3.63, 3.8) is 0 Å². The lowest BCUT2D eigenvalue weighted by molar-refractivity contribution is -0.131. The molecule has 32 valence electrons. The van der Waals surface area contributed by atoms with E-state index in [1.807, 2.05) is 0 Å². The third-order valence-electron chi connectivity index (χ3n) is 0.226. The van der Waals surface area contributed by atoms with Gasteiger partial charge in [0.15, 0.2) is 0 Å². The average Bonchev–Trinajstić information content (AvgIpc) is 1.35. The zero-order valence-corrected chi connectivity index (χ0v) is 3.14. The van der Waals surface area contributed by atoms with E-state index >= 15 is 0 Å². The van der Waals surface area contributed by atoms with Gasteiger partial charge in [-0.25, -0.2) is 4.79 Å². The Morgan fingerprint density at radius 1 is 2.00 bits per heavy atom. The fourth-order valence-electron chi connectivity index (χ4n) is 0.0873. The molecule has 0 aliphatic heterocycles. The van der Waals surface area contributed by atoms with Gasteiger partial charge in [0.05, 0.1) is 6.08 Å². The third-order valence-corrected chi connectivity index (χ3v) is 0.226. The molecule has 0 amide bonds. The van der Waals surface area contributed by atoms with E-state index in [1.165, 1.54) is 0 Å². The van der Waals surface area contributed by atoms with Gasteiger partial charge in [0.2, 0.25) is 0 Å².